The number of aryl methyl sites for hydroxylation is 1. The quantitative estimate of drug-likeness (QED) is 0.866. The number of nitrogens with two attached hydrogens (primary N) is 1. The first-order valence-electron chi connectivity index (χ1n) is 6.12. The predicted octanol–water partition coefficient (Wildman–Crippen LogP) is 2.49. The molecule has 0 aliphatic heterocycles. The number of nitrogens with one attached hydrogen (secondary N) is 1. The lowest BCUT2D eigenvalue weighted by atomic mass is 9.95. The lowest BCUT2D eigenvalue weighted by molar-refractivity contribution is 0.427. The predicted molar refractivity (Wildman–Crippen MR) is 73.3 cm³/mol. The van der Waals surface area contributed by atoms with Crippen molar-refractivity contribution in [2.45, 2.75) is 40.0 Å². The minimum absolute atomic E-state index is 0.193. The van der Waals surface area contributed by atoms with Gasteiger partial charge in [-0.05, 0) is 13.8 Å². The zero-order chi connectivity index (χ0) is 14.2. The van der Waals surface area contributed by atoms with Crippen LogP contribution in [-0.4, -0.2) is 20.2 Å². The maximum absolute atomic E-state index is 5.92. The normalized spacial score (nSPS) is 11.6. The van der Waals surface area contributed by atoms with Crippen molar-refractivity contribution in [1.29, 1.82) is 0 Å². The summed E-state index contributed by atoms with van der Waals surface area (Å²) in [7, 11) is 0. The number of ether oxygens (including phenoxy) is 1. The van der Waals surface area contributed by atoms with Crippen molar-refractivity contribution in [2.24, 2.45) is 0 Å². The fraction of sp³-hybridized carbons (Fsp3) is 0.462. The Balaban J connectivity index is 2.41. The van der Waals surface area contributed by atoms with Crippen molar-refractivity contribution in [2.75, 3.05) is 5.73 Å². The third kappa shape index (κ3) is 2.83. The maximum atomic E-state index is 5.92. The number of hydrogen-bond acceptors (Lipinski definition) is 5. The summed E-state index contributed by atoms with van der Waals surface area (Å²) in [6.45, 7) is 9.82. The first-order valence-corrected chi connectivity index (χ1v) is 6.12. The molecule has 3 N–H and O–H groups in total. The van der Waals surface area contributed by atoms with Gasteiger partial charge < -0.3 is 10.5 Å². The third-order valence-electron chi connectivity index (χ3n) is 2.69. The first-order chi connectivity index (χ1) is 8.77. The van der Waals surface area contributed by atoms with Crippen LogP contribution in [0, 0.1) is 13.8 Å². The number of anilines is 1. The summed E-state index contributed by atoms with van der Waals surface area (Å²) in [6, 6.07) is 1.80. The molecular formula is C13H19N5O. The van der Waals surface area contributed by atoms with E-state index in [1.54, 1.807) is 6.07 Å². The molecular weight excluding hydrogens is 242 g/mol. The van der Waals surface area contributed by atoms with Crippen LogP contribution in [0.15, 0.2) is 6.07 Å². The molecule has 0 saturated carbocycles. The van der Waals surface area contributed by atoms with Gasteiger partial charge in [0, 0.05) is 17.2 Å². The molecule has 0 fully saturated rings. The molecule has 2 rings (SSSR count). The standard InChI is InChI=1S/C13H19N5O/c1-7-6-9(18-17-7)19-11-8(2)10(14)15-12(16-11)13(3,4)5/h6H,1-5H3,(H,17,18)(H2,14,15,16). The highest BCUT2D eigenvalue weighted by Crippen LogP contribution is 2.28. The molecule has 0 radical (unpaired) electrons. The molecule has 6 nitrogen and oxygen atoms in total. The lowest BCUT2D eigenvalue weighted by Gasteiger charge is -2.18. The van der Waals surface area contributed by atoms with Crippen LogP contribution in [0.2, 0.25) is 0 Å². The molecule has 2 aromatic heterocycles. The summed E-state index contributed by atoms with van der Waals surface area (Å²) >= 11 is 0. The van der Waals surface area contributed by atoms with Crippen LogP contribution >= 0.6 is 0 Å². The van der Waals surface area contributed by atoms with Gasteiger partial charge in [0.2, 0.25) is 11.8 Å². The summed E-state index contributed by atoms with van der Waals surface area (Å²) in [6.07, 6.45) is 0. The largest absolute Gasteiger partial charge is 0.419 e. The molecule has 0 saturated heterocycles. The molecule has 0 spiro atoms. The van der Waals surface area contributed by atoms with Gasteiger partial charge in [-0.15, -0.1) is 5.10 Å². The van der Waals surface area contributed by atoms with Gasteiger partial charge in [0.05, 0.1) is 5.56 Å². The van der Waals surface area contributed by atoms with Crippen LogP contribution in [0.4, 0.5) is 5.82 Å². The van der Waals surface area contributed by atoms with E-state index in [2.05, 4.69) is 20.2 Å². The second-order valence-corrected chi connectivity index (χ2v) is 5.60. The fourth-order valence-corrected chi connectivity index (χ4v) is 1.49. The summed E-state index contributed by atoms with van der Waals surface area (Å²) in [4.78, 5) is 8.75. The topological polar surface area (TPSA) is 89.7 Å². The Morgan fingerprint density at radius 3 is 2.42 bits per heavy atom. The van der Waals surface area contributed by atoms with Crippen LogP contribution in [0.25, 0.3) is 0 Å². The van der Waals surface area contributed by atoms with E-state index in [-0.39, 0.29) is 5.41 Å². The minimum atomic E-state index is -0.193. The second-order valence-electron chi connectivity index (χ2n) is 5.60. The Morgan fingerprint density at radius 1 is 1.21 bits per heavy atom. The zero-order valence-corrected chi connectivity index (χ0v) is 11.9. The average molecular weight is 261 g/mol. The summed E-state index contributed by atoms with van der Waals surface area (Å²) in [5.74, 6) is 2.00. The van der Waals surface area contributed by atoms with E-state index in [0.717, 1.165) is 5.69 Å². The van der Waals surface area contributed by atoms with E-state index in [1.165, 1.54) is 0 Å². The van der Waals surface area contributed by atoms with Crippen molar-refractivity contribution in [3.05, 3.63) is 23.1 Å². The number of hydrogen-bond donors (Lipinski definition) is 2. The molecule has 102 valence electrons. The highest BCUT2D eigenvalue weighted by Gasteiger charge is 2.21. The van der Waals surface area contributed by atoms with Gasteiger partial charge in [-0.3, -0.25) is 5.10 Å². The molecule has 2 heterocycles. The van der Waals surface area contributed by atoms with Crippen molar-refractivity contribution in [3.8, 4) is 11.8 Å². The summed E-state index contributed by atoms with van der Waals surface area (Å²) < 4.78 is 5.67. The van der Waals surface area contributed by atoms with Crippen molar-refractivity contribution < 1.29 is 4.74 Å². The monoisotopic (exact) mass is 261 g/mol. The van der Waals surface area contributed by atoms with Gasteiger partial charge in [0.1, 0.15) is 11.6 Å². The van der Waals surface area contributed by atoms with E-state index in [4.69, 9.17) is 10.5 Å². The Kier molecular flexibility index (Phi) is 3.18. The maximum Gasteiger partial charge on any atom is 0.240 e. The van der Waals surface area contributed by atoms with Gasteiger partial charge in [-0.25, -0.2) is 4.98 Å². The third-order valence-corrected chi connectivity index (χ3v) is 2.69. The van der Waals surface area contributed by atoms with E-state index in [0.29, 0.717) is 29.0 Å². The van der Waals surface area contributed by atoms with Gasteiger partial charge in [0.15, 0.2) is 0 Å². The van der Waals surface area contributed by atoms with Crippen LogP contribution in [0.5, 0.6) is 11.8 Å². The summed E-state index contributed by atoms with van der Waals surface area (Å²) in [5, 5.41) is 6.84. The molecule has 0 amide bonds. The fourth-order valence-electron chi connectivity index (χ4n) is 1.49. The number of rotatable bonds is 2. The number of aromatic amines is 1. The van der Waals surface area contributed by atoms with Gasteiger partial charge in [-0.2, -0.15) is 4.98 Å². The Bertz CT molecular complexity index is 598. The molecule has 0 unspecified atom stereocenters. The zero-order valence-electron chi connectivity index (χ0n) is 11.9. The van der Waals surface area contributed by atoms with Crippen LogP contribution < -0.4 is 10.5 Å². The van der Waals surface area contributed by atoms with Crippen LogP contribution in [-0.2, 0) is 5.41 Å². The highest BCUT2D eigenvalue weighted by atomic mass is 16.5. The molecule has 19 heavy (non-hydrogen) atoms. The number of nitrogen functional groups attached to an aromatic ring is 1. The van der Waals surface area contributed by atoms with Gasteiger partial charge in [-0.1, -0.05) is 20.8 Å². The minimum Gasteiger partial charge on any atom is -0.419 e. The molecule has 0 bridgehead atoms. The molecule has 0 aliphatic carbocycles. The highest BCUT2D eigenvalue weighted by molar-refractivity contribution is 5.46. The van der Waals surface area contributed by atoms with Crippen LogP contribution in [0.1, 0.15) is 37.9 Å². The smallest absolute Gasteiger partial charge is 0.240 e. The average Bonchev–Trinajstić information content (AvgIpc) is 2.69. The first kappa shape index (κ1) is 13.3. The molecule has 0 atom stereocenters. The van der Waals surface area contributed by atoms with E-state index in [1.807, 2.05) is 34.6 Å². The second kappa shape index (κ2) is 4.53. The van der Waals surface area contributed by atoms with Crippen molar-refractivity contribution in [1.82, 2.24) is 20.2 Å². The van der Waals surface area contributed by atoms with E-state index >= 15 is 0 Å². The van der Waals surface area contributed by atoms with Crippen LogP contribution in [0.3, 0.4) is 0 Å². The van der Waals surface area contributed by atoms with Crippen molar-refractivity contribution in [3.63, 3.8) is 0 Å². The summed E-state index contributed by atoms with van der Waals surface area (Å²) in [5.41, 5.74) is 7.36. The molecule has 0 aliphatic rings. The van der Waals surface area contributed by atoms with E-state index < -0.39 is 0 Å². The Morgan fingerprint density at radius 2 is 1.89 bits per heavy atom. The van der Waals surface area contributed by atoms with Crippen molar-refractivity contribution >= 4 is 5.82 Å². The molecule has 6 heteroatoms. The Labute approximate surface area is 112 Å². The van der Waals surface area contributed by atoms with Gasteiger partial charge in [0.25, 0.3) is 0 Å². The lowest BCUT2D eigenvalue weighted by Crippen LogP contribution is -2.18. The van der Waals surface area contributed by atoms with Gasteiger partial charge >= 0.3 is 0 Å². The number of H-pyrrole nitrogens is 1. The number of nitrogens with zero attached hydrogens (tertiary/aromatic N) is 3. The SMILES string of the molecule is Cc1cc(Oc2nc(C(C)(C)C)nc(N)c2C)n[nH]1. The van der Waals surface area contributed by atoms with E-state index in [9.17, 15) is 0 Å². The molecule has 2 aromatic rings. The number of aromatic nitrogens is 4. The molecule has 0 aromatic carbocycles. The Hall–Kier alpha value is -2.11.